The number of para-hydroxylation sites is 1. The summed E-state index contributed by atoms with van der Waals surface area (Å²) in [5.41, 5.74) is 1.56. The Labute approximate surface area is 157 Å². The highest BCUT2D eigenvalue weighted by Gasteiger charge is 2.43. The van der Waals surface area contributed by atoms with Gasteiger partial charge in [-0.1, -0.05) is 24.3 Å². The maximum absolute atomic E-state index is 13.2. The number of hydrogen-bond donors (Lipinski definition) is 0. The van der Waals surface area contributed by atoms with Crippen molar-refractivity contribution in [2.24, 2.45) is 0 Å². The van der Waals surface area contributed by atoms with Gasteiger partial charge >= 0.3 is 0 Å². The van der Waals surface area contributed by atoms with E-state index < -0.39 is 6.04 Å². The first-order valence-electron chi connectivity index (χ1n) is 9.00. The van der Waals surface area contributed by atoms with Crippen molar-refractivity contribution in [2.45, 2.75) is 25.3 Å². The molecule has 6 nitrogen and oxygen atoms in total. The van der Waals surface area contributed by atoms with Crippen LogP contribution in [-0.4, -0.2) is 42.3 Å². The van der Waals surface area contributed by atoms with Crippen LogP contribution in [0.3, 0.4) is 0 Å². The van der Waals surface area contributed by atoms with Crippen LogP contribution in [-0.2, 0) is 16.0 Å². The van der Waals surface area contributed by atoms with Gasteiger partial charge in [0.1, 0.15) is 11.8 Å². The lowest BCUT2D eigenvalue weighted by atomic mass is 10.1. The number of ether oxygens (including phenoxy) is 1. The van der Waals surface area contributed by atoms with E-state index >= 15 is 0 Å². The summed E-state index contributed by atoms with van der Waals surface area (Å²) < 4.78 is 5.14. The highest BCUT2D eigenvalue weighted by Crippen LogP contribution is 2.32. The highest BCUT2D eigenvalue weighted by atomic mass is 16.5. The van der Waals surface area contributed by atoms with E-state index in [1.807, 2.05) is 0 Å². The molecule has 1 unspecified atom stereocenters. The Kier molecular flexibility index (Phi) is 4.39. The Hall–Kier alpha value is -3.15. The van der Waals surface area contributed by atoms with Crippen molar-refractivity contribution in [1.82, 2.24) is 4.90 Å². The fourth-order valence-corrected chi connectivity index (χ4v) is 3.79. The van der Waals surface area contributed by atoms with Gasteiger partial charge in [0.05, 0.1) is 24.8 Å². The summed E-state index contributed by atoms with van der Waals surface area (Å²) in [5, 5.41) is 0. The molecule has 2 aromatic carbocycles. The van der Waals surface area contributed by atoms with Gasteiger partial charge in [-0.2, -0.15) is 0 Å². The smallest absolute Gasteiger partial charge is 0.256 e. The molecule has 1 saturated heterocycles. The number of carbonyl (C=O) groups is 3. The second-order valence-electron chi connectivity index (χ2n) is 6.77. The molecule has 2 aromatic rings. The van der Waals surface area contributed by atoms with E-state index in [4.69, 9.17) is 4.74 Å². The van der Waals surface area contributed by atoms with Crippen LogP contribution in [0.2, 0.25) is 0 Å². The Morgan fingerprint density at radius 2 is 1.85 bits per heavy atom. The van der Waals surface area contributed by atoms with Crippen LogP contribution in [0.15, 0.2) is 48.5 Å². The maximum Gasteiger partial charge on any atom is 0.256 e. The van der Waals surface area contributed by atoms with E-state index in [0.717, 1.165) is 12.0 Å². The number of carbonyl (C=O) groups excluding carboxylic acids is 3. The van der Waals surface area contributed by atoms with Gasteiger partial charge < -0.3 is 9.64 Å². The van der Waals surface area contributed by atoms with Gasteiger partial charge in [0, 0.05) is 6.54 Å². The molecule has 6 heteroatoms. The SMILES string of the molecule is COc1ccc(CC(=O)N2C(=O)C3CCCN3C(=O)c3ccccc32)cc1. The van der Waals surface area contributed by atoms with Crippen molar-refractivity contribution in [3.05, 3.63) is 59.7 Å². The molecule has 3 amide bonds. The second-order valence-corrected chi connectivity index (χ2v) is 6.77. The van der Waals surface area contributed by atoms with Crippen LogP contribution < -0.4 is 9.64 Å². The number of hydrogen-bond acceptors (Lipinski definition) is 4. The molecule has 0 radical (unpaired) electrons. The van der Waals surface area contributed by atoms with E-state index in [2.05, 4.69) is 0 Å². The molecule has 2 heterocycles. The summed E-state index contributed by atoms with van der Waals surface area (Å²) in [4.78, 5) is 41.9. The average Bonchev–Trinajstić information content (AvgIpc) is 3.15. The first-order valence-corrected chi connectivity index (χ1v) is 9.00. The van der Waals surface area contributed by atoms with Crippen molar-refractivity contribution < 1.29 is 19.1 Å². The Morgan fingerprint density at radius 3 is 2.59 bits per heavy atom. The predicted octanol–water partition coefficient (Wildman–Crippen LogP) is 2.42. The first kappa shape index (κ1) is 17.3. The lowest BCUT2D eigenvalue weighted by Crippen LogP contribution is -2.47. The number of fused-ring (bicyclic) bond motifs is 2. The average molecular weight is 364 g/mol. The van der Waals surface area contributed by atoms with Gasteiger partial charge in [0.25, 0.3) is 11.8 Å². The number of anilines is 1. The van der Waals surface area contributed by atoms with Crippen LogP contribution in [0, 0.1) is 0 Å². The lowest BCUT2D eigenvalue weighted by Gasteiger charge is -2.24. The summed E-state index contributed by atoms with van der Waals surface area (Å²) in [6, 6.07) is 13.4. The molecule has 138 valence electrons. The molecular formula is C21H20N2O4. The molecule has 0 bridgehead atoms. The maximum atomic E-state index is 13.2. The van der Waals surface area contributed by atoms with Crippen molar-refractivity contribution in [2.75, 3.05) is 18.6 Å². The topological polar surface area (TPSA) is 66.9 Å². The summed E-state index contributed by atoms with van der Waals surface area (Å²) in [6.45, 7) is 0.546. The molecule has 4 rings (SSSR count). The molecule has 1 fully saturated rings. The van der Waals surface area contributed by atoms with Crippen LogP contribution in [0.1, 0.15) is 28.8 Å². The molecule has 1 atom stereocenters. The fraction of sp³-hybridized carbons (Fsp3) is 0.286. The molecule has 0 spiro atoms. The minimum absolute atomic E-state index is 0.0744. The van der Waals surface area contributed by atoms with E-state index in [1.165, 1.54) is 4.90 Å². The molecular weight excluding hydrogens is 344 g/mol. The Morgan fingerprint density at radius 1 is 1.11 bits per heavy atom. The van der Waals surface area contributed by atoms with Gasteiger partial charge in [0.15, 0.2) is 0 Å². The summed E-state index contributed by atoms with van der Waals surface area (Å²) in [5.74, 6) is -0.126. The van der Waals surface area contributed by atoms with Gasteiger partial charge in [-0.3, -0.25) is 14.4 Å². The molecule has 0 aromatic heterocycles. The summed E-state index contributed by atoms with van der Waals surface area (Å²) in [7, 11) is 1.58. The van der Waals surface area contributed by atoms with Crippen LogP contribution in [0.4, 0.5) is 5.69 Å². The van der Waals surface area contributed by atoms with Crippen molar-refractivity contribution in [3.8, 4) is 5.75 Å². The number of rotatable bonds is 3. The van der Waals surface area contributed by atoms with E-state index in [-0.39, 0.29) is 24.1 Å². The number of benzene rings is 2. The third-order valence-electron chi connectivity index (χ3n) is 5.16. The van der Waals surface area contributed by atoms with Crippen molar-refractivity contribution in [1.29, 1.82) is 0 Å². The van der Waals surface area contributed by atoms with Gasteiger partial charge in [-0.25, -0.2) is 4.90 Å². The zero-order valence-electron chi connectivity index (χ0n) is 15.1. The zero-order valence-corrected chi connectivity index (χ0v) is 15.1. The minimum Gasteiger partial charge on any atom is -0.497 e. The number of imide groups is 1. The number of nitrogens with zero attached hydrogens (tertiary/aromatic N) is 2. The number of methoxy groups -OCH3 is 1. The molecule has 2 aliphatic heterocycles. The molecule has 0 saturated carbocycles. The predicted molar refractivity (Wildman–Crippen MR) is 99.7 cm³/mol. The molecule has 27 heavy (non-hydrogen) atoms. The standard InChI is InChI=1S/C21H20N2O4/c1-27-15-10-8-14(9-11-15)13-19(24)23-17-6-3-2-5-16(17)20(25)22-12-4-7-18(22)21(23)26/h2-3,5-6,8-11,18H,4,7,12-13H2,1H3. The van der Waals surface area contributed by atoms with Crippen molar-refractivity contribution >= 4 is 23.4 Å². The third kappa shape index (κ3) is 2.97. The van der Waals surface area contributed by atoms with Gasteiger partial charge in [-0.15, -0.1) is 0 Å². The van der Waals surface area contributed by atoms with Gasteiger partial charge in [0.2, 0.25) is 5.91 Å². The largest absolute Gasteiger partial charge is 0.497 e. The number of amides is 3. The van der Waals surface area contributed by atoms with Gasteiger partial charge in [-0.05, 0) is 42.7 Å². The van der Waals surface area contributed by atoms with E-state index in [0.29, 0.717) is 30.0 Å². The molecule has 0 aliphatic carbocycles. The Bertz CT molecular complexity index is 907. The highest BCUT2D eigenvalue weighted by molar-refractivity contribution is 6.22. The van der Waals surface area contributed by atoms with Crippen LogP contribution in [0.25, 0.3) is 0 Å². The lowest BCUT2D eigenvalue weighted by molar-refractivity contribution is -0.128. The Balaban J connectivity index is 1.70. The third-order valence-corrected chi connectivity index (χ3v) is 5.16. The normalized spacial score (nSPS) is 18.8. The van der Waals surface area contributed by atoms with E-state index in [9.17, 15) is 14.4 Å². The van der Waals surface area contributed by atoms with Crippen LogP contribution in [0.5, 0.6) is 5.75 Å². The summed E-state index contributed by atoms with van der Waals surface area (Å²) in [6.07, 6.45) is 1.43. The fourth-order valence-electron chi connectivity index (χ4n) is 3.79. The monoisotopic (exact) mass is 364 g/mol. The minimum atomic E-state index is -0.565. The van der Waals surface area contributed by atoms with Crippen LogP contribution >= 0.6 is 0 Å². The summed E-state index contributed by atoms with van der Waals surface area (Å²) >= 11 is 0. The van der Waals surface area contributed by atoms with Crippen molar-refractivity contribution in [3.63, 3.8) is 0 Å². The first-order chi connectivity index (χ1) is 13.1. The molecule has 0 N–H and O–H groups in total. The zero-order chi connectivity index (χ0) is 19.0. The second kappa shape index (κ2) is 6.87. The molecule has 2 aliphatic rings. The van der Waals surface area contributed by atoms with E-state index in [1.54, 1.807) is 60.5 Å². The quantitative estimate of drug-likeness (QED) is 0.839.